The molecule has 0 unspecified atom stereocenters. The van der Waals surface area contributed by atoms with Crippen LogP contribution in [0.3, 0.4) is 0 Å². The summed E-state index contributed by atoms with van der Waals surface area (Å²) < 4.78 is 0. The van der Waals surface area contributed by atoms with Gasteiger partial charge in [0.15, 0.2) is 5.79 Å². The lowest BCUT2D eigenvalue weighted by Gasteiger charge is -2.61. The normalized spacial score (nSPS) is 48.4. The summed E-state index contributed by atoms with van der Waals surface area (Å²) in [7, 11) is 0. The molecule has 184 valence electrons. The average molecular weight is 447 g/mol. The molecular formula is C29H50O3. The van der Waals surface area contributed by atoms with Crippen molar-refractivity contribution in [1.82, 2.24) is 0 Å². The molecule has 0 spiro atoms. The van der Waals surface area contributed by atoms with Gasteiger partial charge in [-0.15, -0.1) is 0 Å². The third-order valence-electron chi connectivity index (χ3n) is 12.3. The van der Waals surface area contributed by atoms with Gasteiger partial charge in [0, 0.05) is 12.8 Å². The summed E-state index contributed by atoms with van der Waals surface area (Å²) in [6.45, 7) is 7.64. The molecule has 0 saturated heterocycles. The van der Waals surface area contributed by atoms with Gasteiger partial charge in [-0.3, -0.25) is 0 Å². The summed E-state index contributed by atoms with van der Waals surface area (Å²) in [6, 6.07) is 0. The third-order valence-corrected chi connectivity index (χ3v) is 12.3. The predicted octanol–water partition coefficient (Wildman–Crippen LogP) is 6.44. The molecule has 3 N–H and O–H groups in total. The Hall–Kier alpha value is -0.120. The van der Waals surface area contributed by atoms with E-state index in [1.807, 2.05) is 0 Å². The van der Waals surface area contributed by atoms with Crippen LogP contribution in [0.4, 0.5) is 0 Å². The zero-order chi connectivity index (χ0) is 22.8. The molecular weight excluding hydrogens is 396 g/mol. The fraction of sp³-hybridized carbons (Fsp3) is 1.00. The first-order valence-electron chi connectivity index (χ1n) is 14.2. The maximum Gasteiger partial charge on any atom is 0.162 e. The van der Waals surface area contributed by atoms with Crippen molar-refractivity contribution in [2.75, 3.05) is 0 Å². The average Bonchev–Trinajstić information content (AvgIpc) is 3.10. The molecule has 8 atom stereocenters. The highest BCUT2D eigenvalue weighted by Gasteiger charge is 2.61. The Morgan fingerprint density at radius 1 is 0.750 bits per heavy atom. The lowest BCUT2D eigenvalue weighted by molar-refractivity contribution is -0.233. The lowest BCUT2D eigenvalue weighted by Crippen LogP contribution is -2.56. The Balaban J connectivity index is 1.27. The molecule has 0 aromatic heterocycles. The SMILES string of the molecule is C[C@H](CCC1(O)CCCCC1)[C@H]1CC[C@H]2[C@@H]3CC[C@H]4CC(O)(O)CC[C@]4(C)[C@H]3CC[C@]12C. The zero-order valence-electron chi connectivity index (χ0n) is 21.1. The van der Waals surface area contributed by atoms with Gasteiger partial charge >= 0.3 is 0 Å². The van der Waals surface area contributed by atoms with Crippen molar-refractivity contribution in [3.63, 3.8) is 0 Å². The van der Waals surface area contributed by atoms with E-state index in [0.29, 0.717) is 29.6 Å². The predicted molar refractivity (Wildman–Crippen MR) is 129 cm³/mol. The van der Waals surface area contributed by atoms with Gasteiger partial charge in [0.2, 0.25) is 0 Å². The van der Waals surface area contributed by atoms with Crippen molar-refractivity contribution in [2.24, 2.45) is 46.3 Å². The first-order chi connectivity index (χ1) is 15.1. The number of hydrogen-bond donors (Lipinski definition) is 3. The van der Waals surface area contributed by atoms with Crippen LogP contribution < -0.4 is 0 Å². The van der Waals surface area contributed by atoms with Gasteiger partial charge in [-0.05, 0) is 117 Å². The van der Waals surface area contributed by atoms with Crippen LogP contribution in [0.15, 0.2) is 0 Å². The van der Waals surface area contributed by atoms with Crippen LogP contribution >= 0.6 is 0 Å². The smallest absolute Gasteiger partial charge is 0.162 e. The van der Waals surface area contributed by atoms with E-state index in [1.165, 1.54) is 64.2 Å². The second-order valence-corrected chi connectivity index (χ2v) is 13.9. The molecule has 5 rings (SSSR count). The van der Waals surface area contributed by atoms with Gasteiger partial charge in [0.25, 0.3) is 0 Å². The van der Waals surface area contributed by atoms with Crippen molar-refractivity contribution in [3.05, 3.63) is 0 Å². The molecule has 0 amide bonds. The minimum atomic E-state index is -1.42. The second-order valence-electron chi connectivity index (χ2n) is 13.9. The van der Waals surface area contributed by atoms with Crippen LogP contribution in [0.2, 0.25) is 0 Å². The summed E-state index contributed by atoms with van der Waals surface area (Å²) >= 11 is 0. The summed E-state index contributed by atoms with van der Waals surface area (Å²) in [5.74, 6) is 3.10. The highest BCUT2D eigenvalue weighted by atomic mass is 16.5. The Labute approximate surface area is 196 Å². The fourth-order valence-electron chi connectivity index (χ4n) is 10.4. The zero-order valence-corrected chi connectivity index (χ0v) is 21.1. The summed E-state index contributed by atoms with van der Waals surface area (Å²) in [4.78, 5) is 0. The molecule has 0 heterocycles. The summed E-state index contributed by atoms with van der Waals surface area (Å²) in [6.07, 6.45) is 18.2. The fourth-order valence-corrected chi connectivity index (χ4v) is 10.4. The first-order valence-corrected chi connectivity index (χ1v) is 14.2. The van der Waals surface area contributed by atoms with E-state index in [2.05, 4.69) is 20.8 Å². The van der Waals surface area contributed by atoms with Crippen LogP contribution in [0.5, 0.6) is 0 Å². The highest BCUT2D eigenvalue weighted by molar-refractivity contribution is 5.10. The minimum Gasteiger partial charge on any atom is -0.390 e. The standard InChI is InChI=1S/C29H50O3/c1-20(11-16-28(30)13-5-4-6-14-28)23-9-10-24-22-8-7-21-19-29(31,32)18-17-26(21,2)25(22)12-15-27(23,24)3/h20-25,30-32H,4-19H2,1-3H3/t20-,21+,22+,23-,24+,25+,26+,27-/m1/s1. The van der Waals surface area contributed by atoms with E-state index in [9.17, 15) is 15.3 Å². The van der Waals surface area contributed by atoms with E-state index in [0.717, 1.165) is 55.3 Å². The van der Waals surface area contributed by atoms with Crippen molar-refractivity contribution in [3.8, 4) is 0 Å². The van der Waals surface area contributed by atoms with Gasteiger partial charge in [-0.2, -0.15) is 0 Å². The van der Waals surface area contributed by atoms with E-state index in [1.54, 1.807) is 0 Å². The highest BCUT2D eigenvalue weighted by Crippen LogP contribution is 2.68. The van der Waals surface area contributed by atoms with Gasteiger partial charge in [-0.25, -0.2) is 0 Å². The van der Waals surface area contributed by atoms with E-state index < -0.39 is 5.79 Å². The number of rotatable bonds is 4. The Morgan fingerprint density at radius 2 is 1.47 bits per heavy atom. The van der Waals surface area contributed by atoms with Gasteiger partial charge in [0.1, 0.15) is 0 Å². The summed E-state index contributed by atoms with van der Waals surface area (Å²) in [5.41, 5.74) is 0.421. The maximum absolute atomic E-state index is 11.1. The minimum absolute atomic E-state index is 0.313. The molecule has 0 aromatic rings. The van der Waals surface area contributed by atoms with Crippen molar-refractivity contribution in [1.29, 1.82) is 0 Å². The number of hydrogen-bond acceptors (Lipinski definition) is 3. The Morgan fingerprint density at radius 3 is 2.22 bits per heavy atom. The molecule has 5 aliphatic carbocycles. The molecule has 0 aliphatic heterocycles. The van der Waals surface area contributed by atoms with Crippen LogP contribution in [0, 0.1) is 46.3 Å². The monoisotopic (exact) mass is 446 g/mol. The Kier molecular flexibility index (Phi) is 6.07. The van der Waals surface area contributed by atoms with E-state index >= 15 is 0 Å². The maximum atomic E-state index is 11.1. The van der Waals surface area contributed by atoms with Crippen LogP contribution in [-0.4, -0.2) is 26.7 Å². The molecule has 5 fully saturated rings. The quantitative estimate of drug-likeness (QED) is 0.436. The first kappa shape index (κ1) is 23.6. The summed E-state index contributed by atoms with van der Waals surface area (Å²) in [5, 5.41) is 31.7. The Bertz CT molecular complexity index is 682. The molecule has 32 heavy (non-hydrogen) atoms. The number of aliphatic hydroxyl groups is 3. The van der Waals surface area contributed by atoms with E-state index in [-0.39, 0.29) is 5.60 Å². The van der Waals surface area contributed by atoms with Crippen molar-refractivity contribution < 1.29 is 15.3 Å². The van der Waals surface area contributed by atoms with Gasteiger partial charge in [0.05, 0.1) is 5.60 Å². The second kappa shape index (κ2) is 8.23. The van der Waals surface area contributed by atoms with Crippen LogP contribution in [0.25, 0.3) is 0 Å². The molecule has 3 nitrogen and oxygen atoms in total. The lowest BCUT2D eigenvalue weighted by atomic mass is 9.44. The van der Waals surface area contributed by atoms with Gasteiger partial charge < -0.3 is 15.3 Å². The third kappa shape index (κ3) is 3.91. The van der Waals surface area contributed by atoms with Crippen LogP contribution in [-0.2, 0) is 0 Å². The molecule has 3 heteroatoms. The number of fused-ring (bicyclic) bond motifs is 5. The van der Waals surface area contributed by atoms with Crippen molar-refractivity contribution >= 4 is 0 Å². The molecule has 0 aromatic carbocycles. The topological polar surface area (TPSA) is 60.7 Å². The van der Waals surface area contributed by atoms with Gasteiger partial charge in [-0.1, -0.05) is 40.0 Å². The molecule has 0 radical (unpaired) electrons. The molecule has 5 aliphatic rings. The van der Waals surface area contributed by atoms with Crippen molar-refractivity contribution in [2.45, 2.75) is 135 Å². The largest absolute Gasteiger partial charge is 0.390 e. The molecule has 0 bridgehead atoms. The molecule has 5 saturated carbocycles. The van der Waals surface area contributed by atoms with Crippen LogP contribution in [0.1, 0.15) is 124 Å². The van der Waals surface area contributed by atoms with E-state index in [4.69, 9.17) is 0 Å².